The summed E-state index contributed by atoms with van der Waals surface area (Å²) in [7, 11) is 3.30. The highest BCUT2D eigenvalue weighted by molar-refractivity contribution is 7.19. The Kier molecular flexibility index (Phi) is 5.20. The summed E-state index contributed by atoms with van der Waals surface area (Å²) in [5.41, 5.74) is 4.66. The number of rotatable bonds is 4. The molecule has 0 unspecified atom stereocenters. The molecule has 1 aliphatic rings. The zero-order valence-electron chi connectivity index (χ0n) is 17.6. The molecule has 5 rings (SSSR count). The number of methoxy groups -OCH3 is 2. The van der Waals surface area contributed by atoms with E-state index < -0.39 is 0 Å². The van der Waals surface area contributed by atoms with Crippen LogP contribution in [0.3, 0.4) is 0 Å². The molecular weight excluding hydrogens is 430 g/mol. The van der Waals surface area contributed by atoms with Gasteiger partial charge in [-0.25, -0.2) is 4.98 Å². The first-order chi connectivity index (χ1) is 15.1. The van der Waals surface area contributed by atoms with Crippen molar-refractivity contribution in [3.05, 3.63) is 58.2 Å². The molecule has 2 aromatic heterocycles. The Morgan fingerprint density at radius 2 is 1.84 bits per heavy atom. The largest absolute Gasteiger partial charge is 0.493 e. The Morgan fingerprint density at radius 1 is 1.03 bits per heavy atom. The lowest BCUT2D eigenvalue weighted by atomic mass is 9.99. The van der Waals surface area contributed by atoms with Crippen LogP contribution in [0, 0.1) is 6.92 Å². The highest BCUT2D eigenvalue weighted by Gasteiger charge is 2.26. The first kappa shape index (κ1) is 20.1. The van der Waals surface area contributed by atoms with Crippen molar-refractivity contribution in [3.8, 4) is 22.6 Å². The molecule has 2 aromatic carbocycles. The standard InChI is InChI=1S/C24H22ClN3O2S/c1-14-20(16-10-11-18(29-2)19(13-16)30-3)21-22(26-24(25)27-23(21)31-14)28-12-6-8-15-7-4-5-9-17(15)28/h4-5,7,9-11,13H,6,8,12H2,1-3H3. The topological polar surface area (TPSA) is 47.5 Å². The second-order valence-electron chi connectivity index (χ2n) is 7.48. The molecule has 1 aliphatic heterocycles. The number of ether oxygens (including phenoxy) is 2. The molecule has 3 heterocycles. The van der Waals surface area contributed by atoms with Gasteiger partial charge in [0.25, 0.3) is 0 Å². The van der Waals surface area contributed by atoms with Crippen molar-refractivity contribution in [1.82, 2.24) is 9.97 Å². The number of thiophene rings is 1. The van der Waals surface area contributed by atoms with Gasteiger partial charge in [-0.1, -0.05) is 24.3 Å². The third kappa shape index (κ3) is 3.40. The summed E-state index contributed by atoms with van der Waals surface area (Å²) >= 11 is 8.02. The van der Waals surface area contributed by atoms with Crippen molar-refractivity contribution >= 4 is 44.7 Å². The summed E-state index contributed by atoms with van der Waals surface area (Å²) in [6.45, 7) is 3.00. The zero-order chi connectivity index (χ0) is 21.5. The van der Waals surface area contributed by atoms with Crippen LogP contribution in [0.5, 0.6) is 11.5 Å². The predicted octanol–water partition coefficient (Wildman–Crippen LogP) is 6.42. The van der Waals surface area contributed by atoms with E-state index in [4.69, 9.17) is 26.1 Å². The lowest BCUT2D eigenvalue weighted by Gasteiger charge is -2.31. The minimum absolute atomic E-state index is 0.269. The predicted molar refractivity (Wildman–Crippen MR) is 127 cm³/mol. The monoisotopic (exact) mass is 451 g/mol. The summed E-state index contributed by atoms with van der Waals surface area (Å²) in [4.78, 5) is 13.6. The molecule has 0 radical (unpaired) electrons. The number of nitrogens with zero attached hydrogens (tertiary/aromatic N) is 3. The molecule has 0 atom stereocenters. The number of hydrogen-bond donors (Lipinski definition) is 0. The Bertz CT molecular complexity index is 1290. The van der Waals surface area contributed by atoms with Crippen molar-refractivity contribution in [2.45, 2.75) is 19.8 Å². The van der Waals surface area contributed by atoms with Crippen molar-refractivity contribution in [2.75, 3.05) is 25.7 Å². The quantitative estimate of drug-likeness (QED) is 0.335. The van der Waals surface area contributed by atoms with Crippen molar-refractivity contribution in [3.63, 3.8) is 0 Å². The molecule has 0 amide bonds. The maximum absolute atomic E-state index is 6.39. The SMILES string of the molecule is COc1ccc(-c2c(C)sc3nc(Cl)nc(N4CCCc5ccccc54)c23)cc1OC. The number of para-hydroxylation sites is 1. The summed E-state index contributed by atoms with van der Waals surface area (Å²) in [6.07, 6.45) is 2.13. The van der Waals surface area contributed by atoms with Crippen LogP contribution in [-0.2, 0) is 6.42 Å². The molecule has 0 saturated carbocycles. The van der Waals surface area contributed by atoms with Crippen LogP contribution in [-0.4, -0.2) is 30.7 Å². The molecule has 31 heavy (non-hydrogen) atoms. The fourth-order valence-electron chi connectivity index (χ4n) is 4.36. The molecule has 0 aliphatic carbocycles. The Morgan fingerprint density at radius 3 is 2.65 bits per heavy atom. The van der Waals surface area contributed by atoms with Gasteiger partial charge in [-0.05, 0) is 60.7 Å². The molecule has 5 nitrogen and oxygen atoms in total. The van der Waals surface area contributed by atoms with Gasteiger partial charge in [-0.3, -0.25) is 0 Å². The fraction of sp³-hybridized carbons (Fsp3) is 0.250. The van der Waals surface area contributed by atoms with E-state index in [1.807, 2.05) is 12.1 Å². The van der Waals surface area contributed by atoms with Crippen molar-refractivity contribution < 1.29 is 9.47 Å². The van der Waals surface area contributed by atoms with Crippen LogP contribution in [0.1, 0.15) is 16.9 Å². The van der Waals surface area contributed by atoms with Crippen LogP contribution >= 0.6 is 22.9 Å². The van der Waals surface area contributed by atoms with E-state index in [9.17, 15) is 0 Å². The van der Waals surface area contributed by atoms with Gasteiger partial charge in [0.05, 0.1) is 19.6 Å². The van der Waals surface area contributed by atoms with Gasteiger partial charge in [0.15, 0.2) is 11.5 Å². The lowest BCUT2D eigenvalue weighted by molar-refractivity contribution is 0.355. The molecule has 158 valence electrons. The van der Waals surface area contributed by atoms with Gasteiger partial charge in [0, 0.05) is 22.7 Å². The molecule has 0 N–H and O–H groups in total. The Hall–Kier alpha value is -2.83. The van der Waals surface area contributed by atoms with Gasteiger partial charge in [0.2, 0.25) is 5.28 Å². The first-order valence-electron chi connectivity index (χ1n) is 10.1. The molecule has 0 bridgehead atoms. The van der Waals surface area contributed by atoms with Crippen LogP contribution in [0.2, 0.25) is 5.28 Å². The van der Waals surface area contributed by atoms with Gasteiger partial charge >= 0.3 is 0 Å². The van der Waals surface area contributed by atoms with Crippen molar-refractivity contribution in [2.24, 2.45) is 0 Å². The molecular formula is C24H22ClN3O2S. The van der Waals surface area contributed by atoms with E-state index in [1.165, 1.54) is 11.3 Å². The zero-order valence-corrected chi connectivity index (χ0v) is 19.2. The van der Waals surface area contributed by atoms with Crippen LogP contribution in [0.25, 0.3) is 21.3 Å². The van der Waals surface area contributed by atoms with Crippen LogP contribution in [0.4, 0.5) is 11.5 Å². The van der Waals surface area contributed by atoms with Gasteiger partial charge in [0.1, 0.15) is 10.6 Å². The highest BCUT2D eigenvalue weighted by Crippen LogP contribution is 2.46. The van der Waals surface area contributed by atoms with Crippen molar-refractivity contribution in [1.29, 1.82) is 0 Å². The molecule has 7 heteroatoms. The molecule has 0 saturated heterocycles. The van der Waals surface area contributed by atoms with Crippen LogP contribution in [0.15, 0.2) is 42.5 Å². The summed E-state index contributed by atoms with van der Waals surface area (Å²) in [5.74, 6) is 2.25. The fourth-order valence-corrected chi connectivity index (χ4v) is 5.61. The van der Waals surface area contributed by atoms with Gasteiger partial charge < -0.3 is 14.4 Å². The van der Waals surface area contributed by atoms with E-state index in [0.29, 0.717) is 11.5 Å². The molecule has 0 fully saturated rings. The minimum atomic E-state index is 0.269. The number of fused-ring (bicyclic) bond motifs is 2. The van der Waals surface area contributed by atoms with E-state index >= 15 is 0 Å². The normalized spacial score (nSPS) is 13.4. The van der Waals surface area contributed by atoms with E-state index in [1.54, 1.807) is 25.6 Å². The first-order valence-corrected chi connectivity index (χ1v) is 11.3. The molecule has 4 aromatic rings. The third-order valence-corrected chi connectivity index (χ3v) is 6.89. The summed E-state index contributed by atoms with van der Waals surface area (Å²) in [5, 5.41) is 1.29. The number of hydrogen-bond acceptors (Lipinski definition) is 6. The van der Waals surface area contributed by atoms with E-state index in [0.717, 1.165) is 51.4 Å². The van der Waals surface area contributed by atoms with Gasteiger partial charge in [-0.15, -0.1) is 11.3 Å². The number of anilines is 2. The number of aryl methyl sites for hydroxylation is 2. The highest BCUT2D eigenvalue weighted by atomic mass is 35.5. The molecule has 0 spiro atoms. The maximum Gasteiger partial charge on any atom is 0.225 e. The average molecular weight is 452 g/mol. The number of halogens is 1. The van der Waals surface area contributed by atoms with E-state index in [-0.39, 0.29) is 5.28 Å². The van der Waals surface area contributed by atoms with E-state index in [2.05, 4.69) is 47.1 Å². The smallest absolute Gasteiger partial charge is 0.225 e. The summed E-state index contributed by atoms with van der Waals surface area (Å²) < 4.78 is 11.0. The maximum atomic E-state index is 6.39. The number of aromatic nitrogens is 2. The second kappa shape index (κ2) is 8.02. The Labute approximate surface area is 190 Å². The van der Waals surface area contributed by atoms with Gasteiger partial charge in [-0.2, -0.15) is 4.98 Å². The average Bonchev–Trinajstić information content (AvgIpc) is 3.13. The number of benzene rings is 2. The minimum Gasteiger partial charge on any atom is -0.493 e. The Balaban J connectivity index is 1.77. The third-order valence-electron chi connectivity index (χ3n) is 5.72. The summed E-state index contributed by atoms with van der Waals surface area (Å²) in [6, 6.07) is 14.5. The second-order valence-corrected chi connectivity index (χ2v) is 9.02. The lowest BCUT2D eigenvalue weighted by Crippen LogP contribution is -2.25. The van der Waals surface area contributed by atoms with Crippen LogP contribution < -0.4 is 14.4 Å².